The zero-order chi connectivity index (χ0) is 16.7. The number of thiophene rings is 1. The monoisotopic (exact) mass is 328 g/mol. The van der Waals surface area contributed by atoms with Gasteiger partial charge < -0.3 is 9.73 Å². The number of fused-ring (bicyclic) bond motifs is 1. The van der Waals surface area contributed by atoms with E-state index < -0.39 is 5.91 Å². The van der Waals surface area contributed by atoms with Crippen LogP contribution in [0.1, 0.15) is 32.1 Å². The topological polar surface area (TPSA) is 66.0 Å². The summed E-state index contributed by atoms with van der Waals surface area (Å²) in [6.45, 7) is 5.44. The number of benzene rings is 1. The summed E-state index contributed by atoms with van der Waals surface area (Å²) in [5.41, 5.74) is 2.34. The van der Waals surface area contributed by atoms with Gasteiger partial charge in [0.15, 0.2) is 5.76 Å². The Morgan fingerprint density at radius 2 is 2.04 bits per heavy atom. The van der Waals surface area contributed by atoms with Gasteiger partial charge in [-0.15, -0.1) is 11.3 Å². The molecule has 2 aromatic heterocycles. The molecule has 0 atom stereocenters. The summed E-state index contributed by atoms with van der Waals surface area (Å²) >= 11 is 1.35. The van der Waals surface area contributed by atoms with E-state index in [1.807, 2.05) is 13.8 Å². The Morgan fingerprint density at radius 1 is 1.30 bits per heavy atom. The van der Waals surface area contributed by atoms with Gasteiger partial charge in [0.1, 0.15) is 22.5 Å². The van der Waals surface area contributed by atoms with Crippen LogP contribution in [0.3, 0.4) is 0 Å². The van der Waals surface area contributed by atoms with Crippen molar-refractivity contribution in [3.8, 4) is 6.07 Å². The summed E-state index contributed by atoms with van der Waals surface area (Å²) in [6, 6.07) is 6.22. The van der Waals surface area contributed by atoms with E-state index in [-0.39, 0.29) is 11.6 Å². The van der Waals surface area contributed by atoms with Gasteiger partial charge in [-0.2, -0.15) is 5.26 Å². The molecule has 0 bridgehead atoms. The van der Waals surface area contributed by atoms with Crippen molar-refractivity contribution in [3.05, 3.63) is 51.3 Å². The van der Waals surface area contributed by atoms with Gasteiger partial charge in [-0.3, -0.25) is 4.79 Å². The molecule has 0 saturated heterocycles. The first-order valence-corrected chi connectivity index (χ1v) is 7.74. The number of carbonyl (C=O) groups is 1. The molecule has 3 aromatic rings. The minimum Gasteiger partial charge on any atom is -0.451 e. The largest absolute Gasteiger partial charge is 0.451 e. The van der Waals surface area contributed by atoms with Crippen LogP contribution in [0.25, 0.3) is 11.0 Å². The van der Waals surface area contributed by atoms with E-state index in [9.17, 15) is 14.4 Å². The number of halogens is 1. The highest BCUT2D eigenvalue weighted by Crippen LogP contribution is 2.33. The van der Waals surface area contributed by atoms with Crippen LogP contribution in [0.2, 0.25) is 0 Å². The highest BCUT2D eigenvalue weighted by Gasteiger charge is 2.21. The second kappa shape index (κ2) is 5.52. The minimum atomic E-state index is -0.447. The predicted molar refractivity (Wildman–Crippen MR) is 87.4 cm³/mol. The van der Waals surface area contributed by atoms with Gasteiger partial charge in [0.25, 0.3) is 5.91 Å². The molecule has 23 heavy (non-hydrogen) atoms. The summed E-state index contributed by atoms with van der Waals surface area (Å²) < 4.78 is 18.9. The normalized spacial score (nSPS) is 10.7. The molecule has 0 spiro atoms. The summed E-state index contributed by atoms with van der Waals surface area (Å²) in [5.74, 6) is -0.709. The van der Waals surface area contributed by atoms with Crippen molar-refractivity contribution < 1.29 is 13.6 Å². The van der Waals surface area contributed by atoms with Gasteiger partial charge in [0.05, 0.1) is 5.56 Å². The number of nitriles is 1. The molecule has 1 N–H and O–H groups in total. The lowest BCUT2D eigenvalue weighted by Gasteiger charge is -2.01. The van der Waals surface area contributed by atoms with Crippen LogP contribution in [0.5, 0.6) is 0 Å². The molecule has 0 saturated carbocycles. The van der Waals surface area contributed by atoms with Crippen LogP contribution in [-0.2, 0) is 0 Å². The third-order valence-electron chi connectivity index (χ3n) is 3.83. The van der Waals surface area contributed by atoms with Crippen LogP contribution >= 0.6 is 11.3 Å². The third-order valence-corrected chi connectivity index (χ3v) is 4.95. The van der Waals surface area contributed by atoms with Crippen molar-refractivity contribution in [2.24, 2.45) is 0 Å². The van der Waals surface area contributed by atoms with Gasteiger partial charge in [-0.25, -0.2) is 4.39 Å². The molecule has 0 unspecified atom stereocenters. The summed E-state index contributed by atoms with van der Waals surface area (Å²) in [4.78, 5) is 13.4. The molecule has 6 heteroatoms. The van der Waals surface area contributed by atoms with E-state index in [1.165, 1.54) is 29.5 Å². The summed E-state index contributed by atoms with van der Waals surface area (Å²) in [5, 5.41) is 13.0. The Labute approximate surface area is 136 Å². The van der Waals surface area contributed by atoms with E-state index in [0.717, 1.165) is 10.4 Å². The summed E-state index contributed by atoms with van der Waals surface area (Å²) in [6.07, 6.45) is 0. The number of hydrogen-bond donors (Lipinski definition) is 1. The standard InChI is InChI=1S/C17H13FN2O2S/c1-8-10(3)23-17(13(8)7-19)20-16(21)15-9(2)12-6-11(18)4-5-14(12)22-15/h4-6H,1-3H3,(H,20,21). The van der Waals surface area contributed by atoms with Crippen LogP contribution in [0.4, 0.5) is 9.39 Å². The van der Waals surface area contributed by atoms with Gasteiger partial charge in [-0.05, 0) is 44.5 Å². The first kappa shape index (κ1) is 15.3. The van der Waals surface area contributed by atoms with E-state index in [0.29, 0.717) is 27.1 Å². The van der Waals surface area contributed by atoms with E-state index in [2.05, 4.69) is 11.4 Å². The Kier molecular flexibility index (Phi) is 3.66. The number of carbonyl (C=O) groups excluding carboxylic acids is 1. The fraction of sp³-hybridized carbons (Fsp3) is 0.176. The number of rotatable bonds is 2. The molecular weight excluding hydrogens is 315 g/mol. The van der Waals surface area contributed by atoms with Crippen LogP contribution < -0.4 is 5.32 Å². The molecule has 0 fully saturated rings. The average molecular weight is 328 g/mol. The zero-order valence-corrected chi connectivity index (χ0v) is 13.6. The lowest BCUT2D eigenvalue weighted by Crippen LogP contribution is -2.12. The van der Waals surface area contributed by atoms with Crippen molar-refractivity contribution >= 4 is 33.2 Å². The van der Waals surface area contributed by atoms with Crippen LogP contribution in [-0.4, -0.2) is 5.91 Å². The first-order chi connectivity index (χ1) is 10.9. The molecular formula is C17H13FN2O2S. The van der Waals surface area contributed by atoms with Crippen molar-refractivity contribution in [1.29, 1.82) is 5.26 Å². The SMILES string of the molecule is Cc1sc(NC(=O)c2oc3ccc(F)cc3c2C)c(C#N)c1C. The molecule has 3 rings (SSSR count). The number of aryl methyl sites for hydroxylation is 2. The van der Waals surface area contributed by atoms with E-state index >= 15 is 0 Å². The number of nitrogens with one attached hydrogen (secondary N) is 1. The molecule has 0 aliphatic heterocycles. The average Bonchev–Trinajstić information content (AvgIpc) is 2.97. The van der Waals surface area contributed by atoms with E-state index in [4.69, 9.17) is 4.42 Å². The summed E-state index contributed by atoms with van der Waals surface area (Å²) in [7, 11) is 0. The Balaban J connectivity index is 2.00. The van der Waals surface area contributed by atoms with Crippen LogP contribution in [0, 0.1) is 37.9 Å². The number of nitrogens with zero attached hydrogens (tertiary/aromatic N) is 1. The Morgan fingerprint density at radius 3 is 2.74 bits per heavy atom. The van der Waals surface area contributed by atoms with Crippen molar-refractivity contribution in [2.75, 3.05) is 5.32 Å². The van der Waals surface area contributed by atoms with Gasteiger partial charge in [0.2, 0.25) is 0 Å². The van der Waals surface area contributed by atoms with Crippen molar-refractivity contribution in [3.63, 3.8) is 0 Å². The van der Waals surface area contributed by atoms with Crippen molar-refractivity contribution in [1.82, 2.24) is 0 Å². The highest BCUT2D eigenvalue weighted by atomic mass is 32.1. The molecule has 4 nitrogen and oxygen atoms in total. The molecule has 1 aromatic carbocycles. The number of anilines is 1. The number of hydrogen-bond acceptors (Lipinski definition) is 4. The number of furan rings is 1. The lowest BCUT2D eigenvalue weighted by molar-refractivity contribution is 0.0998. The maximum absolute atomic E-state index is 13.3. The Hall–Kier alpha value is -2.65. The molecule has 0 aliphatic rings. The predicted octanol–water partition coefficient (Wildman–Crippen LogP) is 4.68. The zero-order valence-electron chi connectivity index (χ0n) is 12.8. The Bertz CT molecular complexity index is 979. The van der Waals surface area contributed by atoms with Gasteiger partial charge in [0, 0.05) is 15.8 Å². The first-order valence-electron chi connectivity index (χ1n) is 6.92. The fourth-order valence-electron chi connectivity index (χ4n) is 2.42. The van der Waals surface area contributed by atoms with Gasteiger partial charge >= 0.3 is 0 Å². The lowest BCUT2D eigenvalue weighted by atomic mass is 10.1. The molecule has 1 amide bonds. The van der Waals surface area contributed by atoms with Crippen LogP contribution in [0.15, 0.2) is 22.6 Å². The van der Waals surface area contributed by atoms with E-state index in [1.54, 1.807) is 6.92 Å². The second-order valence-corrected chi connectivity index (χ2v) is 6.47. The third kappa shape index (κ3) is 2.49. The number of amides is 1. The molecule has 116 valence electrons. The quantitative estimate of drug-likeness (QED) is 0.742. The minimum absolute atomic E-state index is 0.123. The molecule has 0 aliphatic carbocycles. The second-order valence-electron chi connectivity index (χ2n) is 5.25. The molecule has 0 radical (unpaired) electrons. The van der Waals surface area contributed by atoms with Gasteiger partial charge in [-0.1, -0.05) is 0 Å². The smallest absolute Gasteiger partial charge is 0.292 e. The molecule has 2 heterocycles. The maximum Gasteiger partial charge on any atom is 0.292 e. The fourth-order valence-corrected chi connectivity index (χ4v) is 3.43. The van der Waals surface area contributed by atoms with Crippen molar-refractivity contribution in [2.45, 2.75) is 20.8 Å². The highest BCUT2D eigenvalue weighted by molar-refractivity contribution is 7.16. The maximum atomic E-state index is 13.3.